The first-order chi connectivity index (χ1) is 8.69. The first-order valence-electron chi connectivity index (χ1n) is 5.88. The van der Waals surface area contributed by atoms with Gasteiger partial charge in [0.25, 0.3) is 5.91 Å². The summed E-state index contributed by atoms with van der Waals surface area (Å²) < 4.78 is 11.2. The van der Waals surface area contributed by atoms with Gasteiger partial charge < -0.3 is 14.8 Å². The smallest absolute Gasteiger partial charge is 0.251 e. The van der Waals surface area contributed by atoms with Gasteiger partial charge in [-0.25, -0.2) is 0 Å². The summed E-state index contributed by atoms with van der Waals surface area (Å²) in [5.74, 6) is 0.639. The Morgan fingerprint density at radius 3 is 2.78 bits per heavy atom. The van der Waals surface area contributed by atoms with Gasteiger partial charge in [0.15, 0.2) is 0 Å². The molecule has 0 bridgehead atoms. The Balaban J connectivity index is 2.62. The van der Waals surface area contributed by atoms with Crippen LogP contribution in [-0.2, 0) is 4.74 Å². The number of hydrogen-bond acceptors (Lipinski definition) is 3. The minimum atomic E-state index is -0.116. The molecule has 4 nitrogen and oxygen atoms in total. The van der Waals surface area contributed by atoms with Crippen LogP contribution in [0.3, 0.4) is 0 Å². The summed E-state index contributed by atoms with van der Waals surface area (Å²) >= 11 is 3.40. The van der Waals surface area contributed by atoms with Crippen molar-refractivity contribution in [1.82, 2.24) is 5.32 Å². The van der Waals surface area contributed by atoms with E-state index in [1.54, 1.807) is 25.3 Å². The number of amides is 1. The molecule has 100 valence electrons. The topological polar surface area (TPSA) is 47.6 Å². The van der Waals surface area contributed by atoms with E-state index in [0.717, 1.165) is 16.6 Å². The predicted octanol–water partition coefficient (Wildman–Crippen LogP) is 2.61. The summed E-state index contributed by atoms with van der Waals surface area (Å²) in [7, 11) is 1.60. The Morgan fingerprint density at radius 1 is 1.39 bits per heavy atom. The van der Waals surface area contributed by atoms with Crippen LogP contribution in [0.25, 0.3) is 0 Å². The van der Waals surface area contributed by atoms with Crippen molar-refractivity contribution in [3.8, 4) is 5.75 Å². The molecule has 1 aromatic rings. The van der Waals surface area contributed by atoms with Gasteiger partial charge in [-0.3, -0.25) is 4.79 Å². The predicted molar refractivity (Wildman–Crippen MR) is 74.1 cm³/mol. The van der Waals surface area contributed by atoms with Crippen LogP contribution >= 0.6 is 15.9 Å². The quantitative estimate of drug-likeness (QED) is 0.787. The Morgan fingerprint density at radius 2 is 2.17 bits per heavy atom. The van der Waals surface area contributed by atoms with Gasteiger partial charge in [0, 0.05) is 19.2 Å². The number of methoxy groups -OCH3 is 1. The van der Waals surface area contributed by atoms with Crippen LogP contribution in [0, 0.1) is 0 Å². The van der Waals surface area contributed by atoms with Gasteiger partial charge >= 0.3 is 0 Å². The highest BCUT2D eigenvalue weighted by molar-refractivity contribution is 9.10. The Bertz CT molecular complexity index is 396. The number of rotatable bonds is 7. The van der Waals surface area contributed by atoms with Crippen LogP contribution in [0.2, 0.25) is 0 Å². The summed E-state index contributed by atoms with van der Waals surface area (Å²) in [6, 6.07) is 5.30. The fourth-order valence-electron chi connectivity index (χ4n) is 1.34. The number of benzene rings is 1. The van der Waals surface area contributed by atoms with Crippen LogP contribution in [0.15, 0.2) is 22.7 Å². The van der Waals surface area contributed by atoms with E-state index in [-0.39, 0.29) is 5.91 Å². The lowest BCUT2D eigenvalue weighted by Gasteiger charge is -2.09. The molecule has 0 aliphatic heterocycles. The van der Waals surface area contributed by atoms with Crippen molar-refractivity contribution in [3.05, 3.63) is 28.2 Å². The van der Waals surface area contributed by atoms with E-state index in [2.05, 4.69) is 21.2 Å². The van der Waals surface area contributed by atoms with Crippen LogP contribution in [-0.4, -0.2) is 32.8 Å². The molecule has 1 rings (SSSR count). The van der Waals surface area contributed by atoms with Gasteiger partial charge in [-0.15, -0.1) is 0 Å². The van der Waals surface area contributed by atoms with Crippen molar-refractivity contribution in [2.75, 3.05) is 26.9 Å². The van der Waals surface area contributed by atoms with Crippen LogP contribution in [0.5, 0.6) is 5.75 Å². The molecular formula is C13H18BrNO3. The maximum absolute atomic E-state index is 11.8. The third-order valence-electron chi connectivity index (χ3n) is 2.25. The van der Waals surface area contributed by atoms with Crippen molar-refractivity contribution in [3.63, 3.8) is 0 Å². The van der Waals surface area contributed by atoms with E-state index in [1.807, 2.05) is 6.92 Å². The molecule has 0 heterocycles. The molecule has 5 heteroatoms. The SMILES string of the molecule is CCCOc1ccc(C(=O)NCCOC)cc1Br. The maximum Gasteiger partial charge on any atom is 0.251 e. The zero-order valence-corrected chi connectivity index (χ0v) is 12.2. The van der Waals surface area contributed by atoms with Gasteiger partial charge in [-0.1, -0.05) is 6.92 Å². The van der Waals surface area contributed by atoms with Gasteiger partial charge in [0.1, 0.15) is 5.75 Å². The van der Waals surface area contributed by atoms with E-state index in [9.17, 15) is 4.79 Å². The molecule has 0 radical (unpaired) electrons. The fourth-order valence-corrected chi connectivity index (χ4v) is 1.83. The summed E-state index contributed by atoms with van der Waals surface area (Å²) in [6.45, 7) is 3.72. The first kappa shape index (κ1) is 15.0. The molecule has 1 N–H and O–H groups in total. The first-order valence-corrected chi connectivity index (χ1v) is 6.67. The van der Waals surface area contributed by atoms with Crippen LogP contribution in [0.4, 0.5) is 0 Å². The average molecular weight is 316 g/mol. The van der Waals surface area contributed by atoms with E-state index in [4.69, 9.17) is 9.47 Å². The number of carbonyl (C=O) groups excluding carboxylic acids is 1. The van der Waals surface area contributed by atoms with Crippen molar-refractivity contribution in [1.29, 1.82) is 0 Å². The molecule has 0 saturated heterocycles. The molecule has 1 amide bonds. The zero-order chi connectivity index (χ0) is 13.4. The van der Waals surface area contributed by atoms with Gasteiger partial charge in [-0.05, 0) is 40.5 Å². The van der Waals surface area contributed by atoms with Crippen molar-refractivity contribution < 1.29 is 14.3 Å². The number of ether oxygens (including phenoxy) is 2. The second-order valence-electron chi connectivity index (χ2n) is 3.74. The molecule has 1 aromatic carbocycles. The molecule has 0 saturated carbocycles. The van der Waals surface area contributed by atoms with Crippen molar-refractivity contribution >= 4 is 21.8 Å². The maximum atomic E-state index is 11.8. The molecule has 0 aliphatic rings. The van der Waals surface area contributed by atoms with E-state index >= 15 is 0 Å². The van der Waals surface area contributed by atoms with Crippen LogP contribution in [0.1, 0.15) is 23.7 Å². The third kappa shape index (κ3) is 4.66. The minimum absolute atomic E-state index is 0.116. The number of hydrogen-bond donors (Lipinski definition) is 1. The average Bonchev–Trinajstić information content (AvgIpc) is 2.37. The fraction of sp³-hybridized carbons (Fsp3) is 0.462. The standard InChI is InChI=1S/C13H18BrNO3/c1-3-7-18-12-5-4-10(9-11(12)14)13(16)15-6-8-17-2/h4-5,9H,3,6-8H2,1-2H3,(H,15,16). The lowest BCUT2D eigenvalue weighted by Crippen LogP contribution is -2.26. The summed E-state index contributed by atoms with van der Waals surface area (Å²) in [5, 5.41) is 2.76. The monoisotopic (exact) mass is 315 g/mol. The number of carbonyl (C=O) groups is 1. The summed E-state index contributed by atoms with van der Waals surface area (Å²) in [4.78, 5) is 11.8. The second-order valence-corrected chi connectivity index (χ2v) is 4.60. The van der Waals surface area contributed by atoms with E-state index in [1.165, 1.54) is 0 Å². The number of nitrogens with one attached hydrogen (secondary N) is 1. The minimum Gasteiger partial charge on any atom is -0.492 e. The Kier molecular flexibility index (Phi) is 6.75. The summed E-state index contributed by atoms with van der Waals surface area (Å²) in [6.07, 6.45) is 0.950. The molecule has 0 unspecified atom stereocenters. The summed E-state index contributed by atoms with van der Waals surface area (Å²) in [5.41, 5.74) is 0.599. The molecule has 18 heavy (non-hydrogen) atoms. The second kappa shape index (κ2) is 8.11. The molecule has 0 fully saturated rings. The normalized spacial score (nSPS) is 10.2. The van der Waals surface area contributed by atoms with Crippen LogP contribution < -0.4 is 10.1 Å². The molecule has 0 aliphatic carbocycles. The van der Waals surface area contributed by atoms with Gasteiger partial charge in [0.05, 0.1) is 17.7 Å². The van der Waals surface area contributed by atoms with Crippen molar-refractivity contribution in [2.24, 2.45) is 0 Å². The van der Waals surface area contributed by atoms with Gasteiger partial charge in [-0.2, -0.15) is 0 Å². The Labute approximate surface area is 116 Å². The third-order valence-corrected chi connectivity index (χ3v) is 2.87. The molecule has 0 atom stereocenters. The highest BCUT2D eigenvalue weighted by Crippen LogP contribution is 2.26. The lowest BCUT2D eigenvalue weighted by atomic mass is 10.2. The van der Waals surface area contributed by atoms with Crippen molar-refractivity contribution in [2.45, 2.75) is 13.3 Å². The largest absolute Gasteiger partial charge is 0.492 e. The molecule has 0 spiro atoms. The van der Waals surface area contributed by atoms with E-state index in [0.29, 0.717) is 25.3 Å². The highest BCUT2D eigenvalue weighted by Gasteiger charge is 2.08. The van der Waals surface area contributed by atoms with E-state index < -0.39 is 0 Å². The Hall–Kier alpha value is -1.07. The van der Waals surface area contributed by atoms with Gasteiger partial charge in [0.2, 0.25) is 0 Å². The molecule has 0 aromatic heterocycles. The number of halogens is 1. The highest BCUT2D eigenvalue weighted by atomic mass is 79.9. The lowest BCUT2D eigenvalue weighted by molar-refractivity contribution is 0.0937. The molecular weight excluding hydrogens is 298 g/mol. The zero-order valence-electron chi connectivity index (χ0n) is 10.7.